The third-order valence-corrected chi connectivity index (χ3v) is 7.37. The van der Waals surface area contributed by atoms with Gasteiger partial charge in [0.15, 0.2) is 0 Å². The minimum atomic E-state index is -0.931. The van der Waals surface area contributed by atoms with E-state index in [2.05, 4.69) is 16.7 Å². The zero-order chi connectivity index (χ0) is 23.7. The van der Waals surface area contributed by atoms with Gasteiger partial charge in [0.2, 0.25) is 0 Å². The summed E-state index contributed by atoms with van der Waals surface area (Å²) < 4.78 is 7.20. The van der Waals surface area contributed by atoms with Gasteiger partial charge in [-0.3, -0.25) is 0 Å². The molecule has 34 heavy (non-hydrogen) atoms. The van der Waals surface area contributed by atoms with E-state index in [4.69, 9.17) is 9.72 Å². The third kappa shape index (κ3) is 4.15. The summed E-state index contributed by atoms with van der Waals surface area (Å²) in [6.07, 6.45) is 6.80. The van der Waals surface area contributed by atoms with Crippen molar-refractivity contribution in [1.82, 2.24) is 14.5 Å². The molecule has 0 radical (unpaired) electrons. The van der Waals surface area contributed by atoms with Crippen LogP contribution in [0.15, 0.2) is 36.4 Å². The number of aromatic nitrogens is 2. The summed E-state index contributed by atoms with van der Waals surface area (Å²) in [5.41, 5.74) is 4.90. The van der Waals surface area contributed by atoms with Gasteiger partial charge in [0.25, 0.3) is 0 Å². The van der Waals surface area contributed by atoms with E-state index in [9.17, 15) is 14.7 Å². The summed E-state index contributed by atoms with van der Waals surface area (Å²) in [6, 6.07) is 12.2. The van der Waals surface area contributed by atoms with Crippen LogP contribution in [0.25, 0.3) is 11.0 Å². The fraction of sp³-hybridized carbons (Fsp3) is 0.444. The smallest absolute Gasteiger partial charge is 0.409 e. The van der Waals surface area contributed by atoms with Crippen LogP contribution in [0, 0.1) is 0 Å². The number of carboxylic acid groups (broad SMARTS) is 1. The molecule has 0 saturated heterocycles. The van der Waals surface area contributed by atoms with Gasteiger partial charge in [0, 0.05) is 24.6 Å². The fourth-order valence-corrected chi connectivity index (χ4v) is 5.62. The molecule has 5 rings (SSSR count). The number of carbonyl (C=O) groups is 2. The lowest BCUT2D eigenvalue weighted by Gasteiger charge is -2.28. The highest BCUT2D eigenvalue weighted by molar-refractivity contribution is 5.96. The number of fused-ring (bicyclic) bond motifs is 3. The number of aryl methyl sites for hydroxylation is 2. The first kappa shape index (κ1) is 22.4. The van der Waals surface area contributed by atoms with E-state index in [-0.39, 0.29) is 0 Å². The standard InChI is InChI=1S/C27H31N3O4/c1-34-27(33)29-14-13-20-21(26(31)32)16-23-24(22(20)17-29)28-25(19-10-6-3-7-11-19)30(23)15-12-18-8-4-2-5-9-18/h2,4-5,8-9,16,19H,3,6-7,10-15,17H2,1H3,(H,31,32). The first-order chi connectivity index (χ1) is 16.6. The van der Waals surface area contributed by atoms with E-state index in [0.717, 1.165) is 53.8 Å². The number of benzene rings is 2. The van der Waals surface area contributed by atoms with Crippen LogP contribution >= 0.6 is 0 Å². The van der Waals surface area contributed by atoms with Crippen molar-refractivity contribution in [3.63, 3.8) is 0 Å². The molecule has 2 aliphatic rings. The number of carboxylic acids is 1. The van der Waals surface area contributed by atoms with Crippen molar-refractivity contribution in [3.05, 3.63) is 64.5 Å². The lowest BCUT2D eigenvalue weighted by molar-refractivity contribution is 0.0695. The number of nitrogens with zero attached hydrogens (tertiary/aromatic N) is 3. The Bertz CT molecular complexity index is 1210. The summed E-state index contributed by atoms with van der Waals surface area (Å²) in [4.78, 5) is 31.3. The van der Waals surface area contributed by atoms with Crippen molar-refractivity contribution in [2.75, 3.05) is 13.7 Å². The summed E-state index contributed by atoms with van der Waals surface area (Å²) in [7, 11) is 1.38. The summed E-state index contributed by atoms with van der Waals surface area (Å²) in [5, 5.41) is 10.0. The molecule has 178 valence electrons. The van der Waals surface area contributed by atoms with Gasteiger partial charge in [-0.2, -0.15) is 0 Å². The molecular weight excluding hydrogens is 430 g/mol. The van der Waals surface area contributed by atoms with Crippen molar-refractivity contribution >= 4 is 23.1 Å². The van der Waals surface area contributed by atoms with Crippen molar-refractivity contribution < 1.29 is 19.4 Å². The van der Waals surface area contributed by atoms with Gasteiger partial charge in [-0.1, -0.05) is 49.6 Å². The highest BCUT2D eigenvalue weighted by atomic mass is 16.5. The molecule has 1 aromatic heterocycles. The Kier molecular flexibility index (Phi) is 6.26. The van der Waals surface area contributed by atoms with E-state index in [1.807, 2.05) is 24.3 Å². The van der Waals surface area contributed by atoms with Crippen LogP contribution in [-0.4, -0.2) is 45.3 Å². The van der Waals surface area contributed by atoms with Crippen LogP contribution in [0.2, 0.25) is 0 Å². The normalized spacial score (nSPS) is 16.4. The zero-order valence-electron chi connectivity index (χ0n) is 19.6. The summed E-state index contributed by atoms with van der Waals surface area (Å²) in [6.45, 7) is 1.50. The maximum absolute atomic E-state index is 12.3. The molecule has 0 unspecified atom stereocenters. The van der Waals surface area contributed by atoms with Crippen molar-refractivity contribution in [2.45, 2.75) is 64.0 Å². The van der Waals surface area contributed by atoms with Gasteiger partial charge in [0.05, 0.1) is 30.3 Å². The van der Waals surface area contributed by atoms with E-state index < -0.39 is 12.1 Å². The number of aromatic carboxylic acids is 1. The molecule has 1 aliphatic heterocycles. The van der Waals surface area contributed by atoms with Gasteiger partial charge in [-0.15, -0.1) is 0 Å². The van der Waals surface area contributed by atoms with Crippen molar-refractivity contribution in [1.29, 1.82) is 0 Å². The van der Waals surface area contributed by atoms with E-state index in [1.54, 1.807) is 4.90 Å². The Balaban J connectivity index is 1.65. The van der Waals surface area contributed by atoms with Crippen LogP contribution in [-0.2, 0) is 30.7 Å². The number of carbonyl (C=O) groups excluding carboxylic acids is 1. The minimum Gasteiger partial charge on any atom is -0.478 e. The average molecular weight is 462 g/mol. The lowest BCUT2D eigenvalue weighted by Crippen LogP contribution is -2.36. The van der Waals surface area contributed by atoms with E-state index in [0.29, 0.717) is 31.0 Å². The average Bonchev–Trinajstić information content (AvgIpc) is 3.26. The largest absolute Gasteiger partial charge is 0.478 e. The third-order valence-electron chi connectivity index (χ3n) is 7.37. The molecular formula is C27H31N3O4. The predicted octanol–water partition coefficient (Wildman–Crippen LogP) is 5.15. The van der Waals surface area contributed by atoms with Crippen LogP contribution in [0.1, 0.15) is 70.9 Å². The topological polar surface area (TPSA) is 84.7 Å². The first-order valence-electron chi connectivity index (χ1n) is 12.2. The second-order valence-corrected chi connectivity index (χ2v) is 9.39. The van der Waals surface area contributed by atoms with Gasteiger partial charge < -0.3 is 19.3 Å². The first-order valence-corrected chi connectivity index (χ1v) is 12.2. The fourth-order valence-electron chi connectivity index (χ4n) is 5.62. The second-order valence-electron chi connectivity index (χ2n) is 9.39. The number of amides is 1. The molecule has 7 heteroatoms. The van der Waals surface area contributed by atoms with Gasteiger partial charge in [0.1, 0.15) is 5.82 Å². The van der Waals surface area contributed by atoms with Crippen LogP contribution in [0.3, 0.4) is 0 Å². The molecule has 7 nitrogen and oxygen atoms in total. The molecule has 1 aliphatic carbocycles. The second kappa shape index (κ2) is 9.49. The maximum atomic E-state index is 12.3. The monoisotopic (exact) mass is 461 g/mol. The van der Waals surface area contributed by atoms with Crippen LogP contribution < -0.4 is 0 Å². The van der Waals surface area contributed by atoms with Gasteiger partial charge >= 0.3 is 12.1 Å². The SMILES string of the molecule is COC(=O)N1CCc2c(C(=O)O)cc3c(nc(C4CCCCC4)n3CCc3ccccc3)c2C1. The molecule has 0 bridgehead atoms. The minimum absolute atomic E-state index is 0.319. The zero-order valence-corrected chi connectivity index (χ0v) is 19.6. The number of rotatable bonds is 5. The molecule has 3 aromatic rings. The molecule has 1 saturated carbocycles. The Hall–Kier alpha value is -3.35. The van der Waals surface area contributed by atoms with Crippen LogP contribution in [0.4, 0.5) is 4.79 Å². The number of imidazole rings is 1. The molecule has 2 heterocycles. The lowest BCUT2D eigenvalue weighted by atomic mass is 9.88. The highest BCUT2D eigenvalue weighted by Gasteiger charge is 2.31. The highest BCUT2D eigenvalue weighted by Crippen LogP contribution is 2.37. The Morgan fingerprint density at radius 1 is 1.12 bits per heavy atom. The van der Waals surface area contributed by atoms with E-state index in [1.165, 1.54) is 31.9 Å². The van der Waals surface area contributed by atoms with Crippen LogP contribution in [0.5, 0.6) is 0 Å². The molecule has 2 aromatic carbocycles. The Morgan fingerprint density at radius 2 is 1.88 bits per heavy atom. The van der Waals surface area contributed by atoms with Crippen molar-refractivity contribution in [3.8, 4) is 0 Å². The summed E-state index contributed by atoms with van der Waals surface area (Å²) in [5.74, 6) is 0.506. The Morgan fingerprint density at radius 3 is 2.59 bits per heavy atom. The summed E-state index contributed by atoms with van der Waals surface area (Å²) >= 11 is 0. The van der Waals surface area contributed by atoms with E-state index >= 15 is 0 Å². The number of methoxy groups -OCH3 is 1. The molecule has 0 spiro atoms. The predicted molar refractivity (Wildman–Crippen MR) is 129 cm³/mol. The molecule has 1 fully saturated rings. The van der Waals surface area contributed by atoms with Crippen molar-refractivity contribution in [2.24, 2.45) is 0 Å². The molecule has 0 atom stereocenters. The number of hydrogen-bond donors (Lipinski definition) is 1. The number of ether oxygens (including phenoxy) is 1. The molecule has 1 amide bonds. The quantitative estimate of drug-likeness (QED) is 0.568. The number of hydrogen-bond acceptors (Lipinski definition) is 4. The van der Waals surface area contributed by atoms with Gasteiger partial charge in [-0.05, 0) is 42.9 Å². The Labute approximate surface area is 199 Å². The maximum Gasteiger partial charge on any atom is 0.409 e. The van der Waals surface area contributed by atoms with Gasteiger partial charge in [-0.25, -0.2) is 14.6 Å². The molecule has 1 N–H and O–H groups in total.